The van der Waals surface area contributed by atoms with Crippen LogP contribution in [0.4, 0.5) is 14.5 Å². The lowest BCUT2D eigenvalue weighted by atomic mass is 10.2. The summed E-state index contributed by atoms with van der Waals surface area (Å²) in [6, 6.07) is 7.56. The van der Waals surface area contributed by atoms with Gasteiger partial charge in [-0.15, -0.1) is 24.0 Å². The number of hydrogen-bond acceptors (Lipinski definition) is 4. The van der Waals surface area contributed by atoms with Crippen molar-refractivity contribution in [1.82, 2.24) is 10.6 Å². The second-order valence-corrected chi connectivity index (χ2v) is 6.66. The van der Waals surface area contributed by atoms with Crippen LogP contribution in [0.1, 0.15) is 18.6 Å². The lowest BCUT2D eigenvalue weighted by Gasteiger charge is -2.21. The van der Waals surface area contributed by atoms with E-state index in [4.69, 9.17) is 9.15 Å². The fourth-order valence-electron chi connectivity index (χ4n) is 3.17. The van der Waals surface area contributed by atoms with Gasteiger partial charge in [-0.1, -0.05) is 0 Å². The van der Waals surface area contributed by atoms with E-state index in [2.05, 4.69) is 15.6 Å². The topological polar surface area (TPSA) is 62.0 Å². The summed E-state index contributed by atoms with van der Waals surface area (Å²) in [5.74, 6) is 0.428. The molecule has 6 nitrogen and oxygen atoms in total. The first kappa shape index (κ1) is 23.4. The van der Waals surface area contributed by atoms with Gasteiger partial charge in [-0.2, -0.15) is 0 Å². The summed E-state index contributed by atoms with van der Waals surface area (Å²) in [5, 5.41) is 6.61. The fraction of sp³-hybridized carbons (Fsp3) is 0.450. The maximum atomic E-state index is 14.0. The monoisotopic (exact) mass is 520 g/mol. The quantitative estimate of drug-likeness (QED) is 0.242. The third-order valence-corrected chi connectivity index (χ3v) is 4.59. The molecule has 1 aliphatic rings. The first-order valence-electron chi connectivity index (χ1n) is 9.43. The first-order chi connectivity index (χ1) is 13.7. The van der Waals surface area contributed by atoms with Crippen molar-refractivity contribution in [2.45, 2.75) is 25.5 Å². The van der Waals surface area contributed by atoms with Gasteiger partial charge in [-0.25, -0.2) is 8.78 Å². The van der Waals surface area contributed by atoms with Crippen molar-refractivity contribution < 1.29 is 17.9 Å². The van der Waals surface area contributed by atoms with Crippen molar-refractivity contribution in [3.8, 4) is 0 Å². The number of nitrogens with one attached hydrogen (secondary N) is 2. The van der Waals surface area contributed by atoms with E-state index in [1.54, 1.807) is 13.3 Å². The Labute approximate surface area is 186 Å². The van der Waals surface area contributed by atoms with Crippen LogP contribution in [-0.2, 0) is 11.3 Å². The van der Waals surface area contributed by atoms with Gasteiger partial charge in [0.25, 0.3) is 0 Å². The molecule has 160 valence electrons. The fourth-order valence-corrected chi connectivity index (χ4v) is 3.17. The molecule has 1 aromatic carbocycles. The molecule has 1 aliphatic heterocycles. The molecule has 1 unspecified atom stereocenters. The number of rotatable bonds is 8. The molecule has 0 aliphatic carbocycles. The van der Waals surface area contributed by atoms with Crippen LogP contribution in [0.25, 0.3) is 0 Å². The number of halogens is 3. The van der Waals surface area contributed by atoms with E-state index in [9.17, 15) is 8.78 Å². The highest BCUT2D eigenvalue weighted by molar-refractivity contribution is 14.0. The summed E-state index contributed by atoms with van der Waals surface area (Å²) in [7, 11) is 1.72. The van der Waals surface area contributed by atoms with Crippen LogP contribution in [0.5, 0.6) is 0 Å². The normalized spacial score (nSPS) is 16.6. The average Bonchev–Trinajstić information content (AvgIpc) is 3.35. The summed E-state index contributed by atoms with van der Waals surface area (Å²) < 4.78 is 37.8. The van der Waals surface area contributed by atoms with Gasteiger partial charge in [0.15, 0.2) is 5.96 Å². The predicted octanol–water partition coefficient (Wildman–Crippen LogP) is 3.53. The van der Waals surface area contributed by atoms with Crippen molar-refractivity contribution in [3.05, 3.63) is 54.0 Å². The van der Waals surface area contributed by atoms with Crippen LogP contribution in [-0.4, -0.2) is 45.3 Å². The first-order valence-corrected chi connectivity index (χ1v) is 9.43. The molecule has 0 amide bonds. The van der Waals surface area contributed by atoms with E-state index in [1.807, 2.05) is 17.0 Å². The van der Waals surface area contributed by atoms with E-state index >= 15 is 0 Å². The Hall–Kier alpha value is -1.88. The Morgan fingerprint density at radius 1 is 1.34 bits per heavy atom. The lowest BCUT2D eigenvalue weighted by Crippen LogP contribution is -2.45. The second kappa shape index (κ2) is 12.0. The summed E-state index contributed by atoms with van der Waals surface area (Å²) in [6.45, 7) is 3.15. The Morgan fingerprint density at radius 3 is 2.93 bits per heavy atom. The Balaban J connectivity index is 0.00000300. The van der Waals surface area contributed by atoms with Gasteiger partial charge >= 0.3 is 0 Å². The SMILES string of the molecule is CN=C(NCCCOCc1ccco1)NC1CCN(c2ccc(F)cc2F)C1.I. The van der Waals surface area contributed by atoms with Gasteiger partial charge in [0.2, 0.25) is 0 Å². The van der Waals surface area contributed by atoms with Crippen molar-refractivity contribution in [3.63, 3.8) is 0 Å². The van der Waals surface area contributed by atoms with Crippen LogP contribution in [0.3, 0.4) is 0 Å². The van der Waals surface area contributed by atoms with Crippen molar-refractivity contribution in [2.75, 3.05) is 38.2 Å². The number of nitrogens with zero attached hydrogens (tertiary/aromatic N) is 2. The molecule has 0 spiro atoms. The predicted molar refractivity (Wildman–Crippen MR) is 120 cm³/mol. The van der Waals surface area contributed by atoms with E-state index in [0.29, 0.717) is 38.0 Å². The minimum absolute atomic E-state index is 0. The molecule has 0 radical (unpaired) electrons. The van der Waals surface area contributed by atoms with E-state index in [1.165, 1.54) is 12.1 Å². The number of aliphatic imine (C=N–C) groups is 1. The van der Waals surface area contributed by atoms with Crippen molar-refractivity contribution >= 4 is 35.6 Å². The molecule has 1 atom stereocenters. The van der Waals surface area contributed by atoms with Gasteiger partial charge < -0.3 is 24.7 Å². The van der Waals surface area contributed by atoms with E-state index in [-0.39, 0.29) is 30.0 Å². The minimum atomic E-state index is -0.562. The molecule has 1 saturated heterocycles. The van der Waals surface area contributed by atoms with Gasteiger partial charge in [-0.3, -0.25) is 4.99 Å². The number of anilines is 1. The summed E-state index contributed by atoms with van der Waals surface area (Å²) >= 11 is 0. The van der Waals surface area contributed by atoms with Gasteiger partial charge in [0.05, 0.1) is 12.0 Å². The molecule has 1 fully saturated rings. The lowest BCUT2D eigenvalue weighted by molar-refractivity contribution is 0.105. The Morgan fingerprint density at radius 2 is 2.21 bits per heavy atom. The zero-order valence-corrected chi connectivity index (χ0v) is 18.7. The van der Waals surface area contributed by atoms with Crippen molar-refractivity contribution in [1.29, 1.82) is 0 Å². The molecule has 2 aromatic rings. The van der Waals surface area contributed by atoms with E-state index in [0.717, 1.165) is 31.2 Å². The molecular formula is C20H27F2IN4O2. The molecule has 2 heterocycles. The van der Waals surface area contributed by atoms with Gasteiger partial charge in [0, 0.05) is 45.4 Å². The van der Waals surface area contributed by atoms with Crippen LogP contribution < -0.4 is 15.5 Å². The minimum Gasteiger partial charge on any atom is -0.467 e. The standard InChI is InChI=1S/C20H26F2N4O2.HI/c1-23-20(24-8-3-10-27-14-17-4-2-11-28-17)25-16-7-9-26(13-16)19-6-5-15(21)12-18(19)22;/h2,4-6,11-12,16H,3,7-10,13-14H2,1H3,(H2,23,24,25);1H. The average molecular weight is 520 g/mol. The highest BCUT2D eigenvalue weighted by atomic mass is 127. The molecule has 1 aromatic heterocycles. The zero-order chi connectivity index (χ0) is 19.8. The largest absolute Gasteiger partial charge is 0.467 e. The second-order valence-electron chi connectivity index (χ2n) is 6.66. The smallest absolute Gasteiger partial charge is 0.191 e. The Bertz CT molecular complexity index is 774. The van der Waals surface area contributed by atoms with Crippen LogP contribution >= 0.6 is 24.0 Å². The third kappa shape index (κ3) is 7.14. The molecular weight excluding hydrogens is 493 g/mol. The summed E-state index contributed by atoms with van der Waals surface area (Å²) in [4.78, 5) is 6.15. The number of hydrogen-bond donors (Lipinski definition) is 2. The maximum Gasteiger partial charge on any atom is 0.191 e. The molecule has 29 heavy (non-hydrogen) atoms. The number of guanidine groups is 1. The van der Waals surface area contributed by atoms with Gasteiger partial charge in [-0.05, 0) is 37.1 Å². The van der Waals surface area contributed by atoms with Gasteiger partial charge in [0.1, 0.15) is 24.0 Å². The van der Waals surface area contributed by atoms with Crippen molar-refractivity contribution in [2.24, 2.45) is 4.99 Å². The zero-order valence-electron chi connectivity index (χ0n) is 16.4. The molecule has 3 rings (SSSR count). The van der Waals surface area contributed by atoms with E-state index < -0.39 is 11.6 Å². The Kier molecular flexibility index (Phi) is 9.65. The highest BCUT2D eigenvalue weighted by Crippen LogP contribution is 2.24. The molecule has 9 heteroatoms. The number of benzene rings is 1. The molecule has 0 bridgehead atoms. The molecule has 0 saturated carbocycles. The summed E-state index contributed by atoms with van der Waals surface area (Å²) in [5.41, 5.74) is 0.433. The van der Waals surface area contributed by atoms with Crippen LogP contribution in [0.15, 0.2) is 46.0 Å². The third-order valence-electron chi connectivity index (χ3n) is 4.59. The number of ether oxygens (including phenoxy) is 1. The number of furan rings is 1. The van der Waals surface area contributed by atoms with Crippen LogP contribution in [0, 0.1) is 11.6 Å². The maximum absolute atomic E-state index is 14.0. The molecule has 2 N–H and O–H groups in total. The van der Waals surface area contributed by atoms with Crippen LogP contribution in [0.2, 0.25) is 0 Å². The highest BCUT2D eigenvalue weighted by Gasteiger charge is 2.25. The summed E-state index contributed by atoms with van der Waals surface area (Å²) in [6.07, 6.45) is 3.31.